The van der Waals surface area contributed by atoms with Crippen LogP contribution in [0.5, 0.6) is 11.5 Å². The molecule has 2 aliphatic rings. The maximum atomic E-state index is 12.5. The number of piperidine rings is 1. The number of nitrogens with one attached hydrogen (secondary N) is 1. The second-order valence-corrected chi connectivity index (χ2v) is 8.92. The number of likely N-dealkylation sites (tertiary alicyclic amines) is 1. The van der Waals surface area contributed by atoms with Gasteiger partial charge in [-0.05, 0) is 42.7 Å². The number of benzene rings is 2. The van der Waals surface area contributed by atoms with Gasteiger partial charge in [-0.25, -0.2) is 13.1 Å². The van der Waals surface area contributed by atoms with Crippen LogP contribution in [0, 0.1) is 0 Å². The van der Waals surface area contributed by atoms with Gasteiger partial charge >= 0.3 is 0 Å². The number of nitrogens with zero attached hydrogens (tertiary/aromatic N) is 1. The number of ether oxygens (including phenoxy) is 2. The normalized spacial score (nSPS) is 18.0. The lowest BCUT2D eigenvalue weighted by atomic mass is 10.1. The molecule has 144 valence electrons. The van der Waals surface area contributed by atoms with Crippen molar-refractivity contribution < 1.29 is 17.9 Å². The van der Waals surface area contributed by atoms with Crippen molar-refractivity contribution in [2.75, 3.05) is 19.9 Å². The number of sulfonamides is 1. The van der Waals surface area contributed by atoms with Crippen LogP contribution < -0.4 is 14.2 Å². The van der Waals surface area contributed by atoms with Gasteiger partial charge in [0.1, 0.15) is 0 Å². The number of halogens is 1. The SMILES string of the molecule is O=S(=O)(NC1CCN(Cc2cc(Cl)c3c(c2)OCO3)CC1)c1ccccc1. The monoisotopic (exact) mass is 408 g/mol. The van der Waals surface area contributed by atoms with Crippen LogP contribution in [0.15, 0.2) is 47.4 Å². The first-order valence-corrected chi connectivity index (χ1v) is 10.8. The van der Waals surface area contributed by atoms with Gasteiger partial charge in [-0.2, -0.15) is 0 Å². The summed E-state index contributed by atoms with van der Waals surface area (Å²) >= 11 is 6.25. The summed E-state index contributed by atoms with van der Waals surface area (Å²) in [5.74, 6) is 1.29. The Morgan fingerprint density at radius 2 is 1.85 bits per heavy atom. The Balaban J connectivity index is 1.34. The molecule has 2 aromatic carbocycles. The van der Waals surface area contributed by atoms with Crippen molar-refractivity contribution in [3.63, 3.8) is 0 Å². The van der Waals surface area contributed by atoms with E-state index in [1.807, 2.05) is 12.1 Å². The van der Waals surface area contributed by atoms with Crippen LogP contribution in [-0.4, -0.2) is 39.2 Å². The summed E-state index contributed by atoms with van der Waals surface area (Å²) in [6, 6.07) is 12.3. The van der Waals surface area contributed by atoms with E-state index in [4.69, 9.17) is 21.1 Å². The fraction of sp³-hybridized carbons (Fsp3) is 0.368. The summed E-state index contributed by atoms with van der Waals surface area (Å²) in [5.41, 5.74) is 1.06. The zero-order valence-corrected chi connectivity index (χ0v) is 16.3. The van der Waals surface area contributed by atoms with Gasteiger partial charge in [0.05, 0.1) is 9.92 Å². The lowest BCUT2D eigenvalue weighted by Gasteiger charge is -2.32. The third kappa shape index (κ3) is 4.21. The van der Waals surface area contributed by atoms with E-state index in [0.29, 0.717) is 21.4 Å². The molecule has 0 aliphatic carbocycles. The summed E-state index contributed by atoms with van der Waals surface area (Å²) in [5, 5.41) is 0.561. The minimum atomic E-state index is -3.47. The van der Waals surface area contributed by atoms with E-state index in [0.717, 1.165) is 38.0 Å². The van der Waals surface area contributed by atoms with Gasteiger partial charge in [0, 0.05) is 25.7 Å². The van der Waals surface area contributed by atoms with E-state index in [9.17, 15) is 8.42 Å². The van der Waals surface area contributed by atoms with Crippen LogP contribution in [0.25, 0.3) is 0 Å². The highest BCUT2D eigenvalue weighted by Crippen LogP contribution is 2.40. The maximum absolute atomic E-state index is 12.5. The van der Waals surface area contributed by atoms with Crippen LogP contribution in [0.1, 0.15) is 18.4 Å². The number of fused-ring (bicyclic) bond motifs is 1. The van der Waals surface area contributed by atoms with Gasteiger partial charge in [-0.1, -0.05) is 29.8 Å². The molecular formula is C19H21ClN2O4S. The zero-order chi connectivity index (χ0) is 18.9. The molecule has 0 radical (unpaired) electrons. The Bertz CT molecular complexity index is 913. The molecule has 0 atom stereocenters. The van der Waals surface area contributed by atoms with Crippen molar-refractivity contribution in [1.82, 2.24) is 9.62 Å². The molecule has 0 bridgehead atoms. The molecule has 0 unspecified atom stereocenters. The molecule has 4 rings (SSSR count). The molecule has 2 aliphatic heterocycles. The second-order valence-electron chi connectivity index (χ2n) is 6.80. The van der Waals surface area contributed by atoms with Gasteiger partial charge in [0.25, 0.3) is 0 Å². The van der Waals surface area contributed by atoms with Crippen LogP contribution >= 0.6 is 11.6 Å². The first-order valence-electron chi connectivity index (χ1n) is 8.89. The minimum Gasteiger partial charge on any atom is -0.454 e. The molecule has 6 nitrogen and oxygen atoms in total. The summed E-state index contributed by atoms with van der Waals surface area (Å²) in [7, 11) is -3.47. The molecule has 2 aromatic rings. The molecule has 2 heterocycles. The summed E-state index contributed by atoms with van der Waals surface area (Å²) in [6.45, 7) is 2.57. The van der Waals surface area contributed by atoms with E-state index in [1.165, 1.54) is 0 Å². The first kappa shape index (κ1) is 18.6. The average Bonchev–Trinajstić information content (AvgIpc) is 3.13. The van der Waals surface area contributed by atoms with Crippen molar-refractivity contribution in [2.24, 2.45) is 0 Å². The quantitative estimate of drug-likeness (QED) is 0.823. The Morgan fingerprint density at radius 1 is 1.11 bits per heavy atom. The van der Waals surface area contributed by atoms with Crippen molar-refractivity contribution in [3.8, 4) is 11.5 Å². The lowest BCUT2D eigenvalue weighted by Crippen LogP contribution is -2.44. The molecular weight excluding hydrogens is 388 g/mol. The minimum absolute atomic E-state index is 0.0493. The predicted molar refractivity (Wildman–Crippen MR) is 103 cm³/mol. The lowest BCUT2D eigenvalue weighted by molar-refractivity contribution is 0.173. The first-order chi connectivity index (χ1) is 13.0. The van der Waals surface area contributed by atoms with E-state index in [1.54, 1.807) is 30.3 Å². The van der Waals surface area contributed by atoms with Crippen molar-refractivity contribution in [2.45, 2.75) is 30.3 Å². The second kappa shape index (κ2) is 7.67. The Labute approximate surface area is 164 Å². The largest absolute Gasteiger partial charge is 0.454 e. The summed E-state index contributed by atoms with van der Waals surface area (Å²) < 4.78 is 38.5. The smallest absolute Gasteiger partial charge is 0.240 e. The van der Waals surface area contributed by atoms with E-state index >= 15 is 0 Å². The van der Waals surface area contributed by atoms with E-state index < -0.39 is 10.0 Å². The fourth-order valence-corrected chi connectivity index (χ4v) is 5.08. The third-order valence-electron chi connectivity index (χ3n) is 4.86. The third-order valence-corrected chi connectivity index (χ3v) is 6.67. The van der Waals surface area contributed by atoms with Gasteiger partial charge in [-0.15, -0.1) is 0 Å². The van der Waals surface area contributed by atoms with Gasteiger partial charge in [0.2, 0.25) is 16.8 Å². The van der Waals surface area contributed by atoms with Crippen molar-refractivity contribution in [3.05, 3.63) is 53.1 Å². The molecule has 27 heavy (non-hydrogen) atoms. The molecule has 0 spiro atoms. The molecule has 8 heteroatoms. The average molecular weight is 409 g/mol. The highest BCUT2D eigenvalue weighted by atomic mass is 35.5. The molecule has 1 fully saturated rings. The highest BCUT2D eigenvalue weighted by molar-refractivity contribution is 7.89. The fourth-order valence-electron chi connectivity index (χ4n) is 3.47. The molecule has 1 saturated heterocycles. The van der Waals surface area contributed by atoms with Crippen LogP contribution in [-0.2, 0) is 16.6 Å². The zero-order valence-electron chi connectivity index (χ0n) is 14.7. The number of hydrogen-bond donors (Lipinski definition) is 1. The van der Waals surface area contributed by atoms with Gasteiger partial charge in [0.15, 0.2) is 11.5 Å². The van der Waals surface area contributed by atoms with Crippen LogP contribution in [0.3, 0.4) is 0 Å². The van der Waals surface area contributed by atoms with Gasteiger partial charge < -0.3 is 9.47 Å². The molecule has 1 N–H and O–H groups in total. The Hall–Kier alpha value is -1.80. The topological polar surface area (TPSA) is 67.9 Å². The summed E-state index contributed by atoms with van der Waals surface area (Å²) in [6.07, 6.45) is 1.54. The van der Waals surface area contributed by atoms with E-state index in [-0.39, 0.29) is 12.8 Å². The van der Waals surface area contributed by atoms with Crippen molar-refractivity contribution >= 4 is 21.6 Å². The van der Waals surface area contributed by atoms with Crippen LogP contribution in [0.2, 0.25) is 5.02 Å². The Kier molecular flexibility index (Phi) is 5.27. The highest BCUT2D eigenvalue weighted by Gasteiger charge is 2.25. The predicted octanol–water partition coefficient (Wildman–Crippen LogP) is 3.01. The molecule has 0 saturated carbocycles. The number of hydrogen-bond acceptors (Lipinski definition) is 5. The van der Waals surface area contributed by atoms with Crippen molar-refractivity contribution in [1.29, 1.82) is 0 Å². The van der Waals surface area contributed by atoms with E-state index in [2.05, 4.69) is 9.62 Å². The van der Waals surface area contributed by atoms with Crippen LogP contribution in [0.4, 0.5) is 0 Å². The maximum Gasteiger partial charge on any atom is 0.240 e. The Morgan fingerprint density at radius 3 is 2.59 bits per heavy atom. The number of rotatable bonds is 5. The van der Waals surface area contributed by atoms with Gasteiger partial charge in [-0.3, -0.25) is 4.90 Å². The standard InChI is InChI=1S/C19H21ClN2O4S/c20-17-10-14(11-18-19(17)26-13-25-18)12-22-8-6-15(7-9-22)21-27(23,24)16-4-2-1-3-5-16/h1-5,10-11,15,21H,6-9,12-13H2. The molecule has 0 amide bonds. The molecule has 0 aromatic heterocycles. The summed E-state index contributed by atoms with van der Waals surface area (Å²) in [4.78, 5) is 2.60.